The number of hydrogen-bond acceptors (Lipinski definition) is 5. The highest BCUT2D eigenvalue weighted by atomic mass is 32.1. The average molecular weight is 256 g/mol. The fourth-order valence-electron chi connectivity index (χ4n) is 1.89. The van der Waals surface area contributed by atoms with Gasteiger partial charge in [-0.05, 0) is 13.8 Å². The van der Waals surface area contributed by atoms with Gasteiger partial charge in [0.05, 0.1) is 30.0 Å². The van der Waals surface area contributed by atoms with Gasteiger partial charge in [-0.15, -0.1) is 11.3 Å². The molecule has 1 saturated heterocycles. The third-order valence-corrected chi connectivity index (χ3v) is 3.79. The molecule has 0 aromatic carbocycles. The van der Waals surface area contributed by atoms with Gasteiger partial charge in [0.25, 0.3) is 5.91 Å². The van der Waals surface area contributed by atoms with Gasteiger partial charge in [-0.1, -0.05) is 0 Å². The first kappa shape index (κ1) is 12.5. The molecule has 0 aliphatic carbocycles. The predicted molar refractivity (Wildman–Crippen MR) is 64.3 cm³/mol. The molecule has 0 bridgehead atoms. The number of aliphatic hydroxyl groups is 1. The lowest BCUT2D eigenvalue weighted by Gasteiger charge is -2.31. The molecule has 1 aromatic rings. The maximum Gasteiger partial charge on any atom is 0.266 e. The molecule has 94 valence electrons. The number of aliphatic hydroxyl groups excluding tert-OH is 1. The van der Waals surface area contributed by atoms with Crippen LogP contribution in [0.3, 0.4) is 0 Å². The van der Waals surface area contributed by atoms with Crippen LogP contribution in [0.4, 0.5) is 0 Å². The van der Waals surface area contributed by atoms with Gasteiger partial charge in [0, 0.05) is 13.1 Å². The number of thiazole rings is 1. The second-order valence-electron chi connectivity index (χ2n) is 4.07. The lowest BCUT2D eigenvalue weighted by molar-refractivity contribution is -0.0446. The van der Waals surface area contributed by atoms with Gasteiger partial charge in [0.2, 0.25) is 0 Å². The molecule has 0 radical (unpaired) electrons. The Labute approximate surface area is 104 Å². The summed E-state index contributed by atoms with van der Waals surface area (Å²) in [6.45, 7) is 5.20. The minimum atomic E-state index is -0.262. The van der Waals surface area contributed by atoms with Crippen molar-refractivity contribution in [1.29, 1.82) is 0 Å². The second-order valence-corrected chi connectivity index (χ2v) is 5.28. The van der Waals surface area contributed by atoms with Gasteiger partial charge < -0.3 is 14.7 Å². The number of aromatic nitrogens is 1. The number of rotatable bonds is 2. The molecule has 5 nitrogen and oxygen atoms in total. The molecule has 0 spiro atoms. The molecule has 17 heavy (non-hydrogen) atoms. The second kappa shape index (κ2) is 5.12. The van der Waals surface area contributed by atoms with Crippen LogP contribution < -0.4 is 0 Å². The number of carbonyl (C=O) groups is 1. The Bertz CT molecular complexity index is 419. The number of morpholine rings is 1. The Balaban J connectivity index is 2.12. The molecule has 1 aromatic heterocycles. The molecule has 1 amide bonds. The van der Waals surface area contributed by atoms with E-state index < -0.39 is 0 Å². The number of ether oxygens (including phenoxy) is 1. The van der Waals surface area contributed by atoms with Crippen molar-refractivity contribution in [2.45, 2.75) is 20.0 Å². The van der Waals surface area contributed by atoms with Crippen LogP contribution in [-0.4, -0.2) is 53.3 Å². The van der Waals surface area contributed by atoms with E-state index >= 15 is 0 Å². The van der Waals surface area contributed by atoms with Crippen LogP contribution in [-0.2, 0) is 4.74 Å². The summed E-state index contributed by atoms with van der Waals surface area (Å²) in [5, 5.41) is 9.95. The van der Waals surface area contributed by atoms with E-state index in [0.29, 0.717) is 24.6 Å². The molecule has 1 fully saturated rings. The van der Waals surface area contributed by atoms with Crippen LogP contribution in [0.1, 0.15) is 20.4 Å². The molecule has 6 heteroatoms. The predicted octanol–water partition coefficient (Wildman–Crippen LogP) is 0.593. The summed E-state index contributed by atoms with van der Waals surface area (Å²) >= 11 is 1.42. The lowest BCUT2D eigenvalue weighted by atomic mass is 10.2. The summed E-state index contributed by atoms with van der Waals surface area (Å²) in [4.78, 5) is 18.9. The number of hydrogen-bond donors (Lipinski definition) is 1. The van der Waals surface area contributed by atoms with Crippen molar-refractivity contribution in [3.8, 4) is 0 Å². The fourth-order valence-corrected chi connectivity index (χ4v) is 2.78. The van der Waals surface area contributed by atoms with E-state index in [0.717, 1.165) is 10.7 Å². The molecule has 1 aliphatic heterocycles. The number of carbonyl (C=O) groups excluding carboxylic acids is 1. The zero-order valence-electron chi connectivity index (χ0n) is 9.97. The van der Waals surface area contributed by atoms with E-state index in [-0.39, 0.29) is 18.6 Å². The Hall–Kier alpha value is -0.980. The Morgan fingerprint density at radius 3 is 3.00 bits per heavy atom. The van der Waals surface area contributed by atoms with E-state index in [1.165, 1.54) is 11.3 Å². The van der Waals surface area contributed by atoms with E-state index in [4.69, 9.17) is 9.84 Å². The molecule has 2 rings (SSSR count). The fraction of sp³-hybridized carbons (Fsp3) is 0.636. The molecule has 2 heterocycles. The van der Waals surface area contributed by atoms with Crippen LogP contribution >= 0.6 is 11.3 Å². The van der Waals surface area contributed by atoms with Crippen LogP contribution in [0, 0.1) is 13.8 Å². The summed E-state index contributed by atoms with van der Waals surface area (Å²) < 4.78 is 5.32. The third kappa shape index (κ3) is 2.65. The van der Waals surface area contributed by atoms with Gasteiger partial charge in [0.15, 0.2) is 0 Å². The number of aryl methyl sites for hydroxylation is 2. The van der Waals surface area contributed by atoms with Gasteiger partial charge in [-0.3, -0.25) is 4.79 Å². The maximum atomic E-state index is 12.3. The van der Waals surface area contributed by atoms with Crippen molar-refractivity contribution < 1.29 is 14.6 Å². The standard InChI is InChI=1S/C11H16N2O3S/c1-7-10(17-8(2)12-7)11(15)13-3-4-16-9(5-13)6-14/h9,14H,3-6H2,1-2H3. The first-order valence-corrected chi connectivity index (χ1v) is 6.39. The summed E-state index contributed by atoms with van der Waals surface area (Å²) in [6.07, 6.45) is -0.262. The van der Waals surface area contributed by atoms with E-state index in [1.807, 2.05) is 13.8 Å². The quantitative estimate of drug-likeness (QED) is 0.841. The molecular weight excluding hydrogens is 240 g/mol. The zero-order chi connectivity index (χ0) is 12.4. The molecule has 1 atom stereocenters. The van der Waals surface area contributed by atoms with Crippen molar-refractivity contribution in [1.82, 2.24) is 9.88 Å². The molecule has 1 N–H and O–H groups in total. The number of amides is 1. The lowest BCUT2D eigenvalue weighted by Crippen LogP contribution is -2.46. The van der Waals surface area contributed by atoms with E-state index in [9.17, 15) is 4.79 Å². The smallest absolute Gasteiger partial charge is 0.266 e. The molecular formula is C11H16N2O3S. The van der Waals surface area contributed by atoms with Crippen molar-refractivity contribution in [2.24, 2.45) is 0 Å². The van der Waals surface area contributed by atoms with Crippen LogP contribution in [0.5, 0.6) is 0 Å². The summed E-state index contributed by atoms with van der Waals surface area (Å²) in [5.74, 6) is -0.00477. The molecule has 1 aliphatic rings. The summed E-state index contributed by atoms with van der Waals surface area (Å²) in [7, 11) is 0. The van der Waals surface area contributed by atoms with E-state index in [1.54, 1.807) is 4.90 Å². The van der Waals surface area contributed by atoms with Gasteiger partial charge in [-0.2, -0.15) is 0 Å². The maximum absolute atomic E-state index is 12.3. The minimum absolute atomic E-state index is 0.00477. The van der Waals surface area contributed by atoms with E-state index in [2.05, 4.69) is 4.98 Å². The van der Waals surface area contributed by atoms with Gasteiger partial charge in [0.1, 0.15) is 4.88 Å². The molecule has 0 saturated carbocycles. The first-order valence-electron chi connectivity index (χ1n) is 5.57. The van der Waals surface area contributed by atoms with Crippen molar-refractivity contribution in [3.63, 3.8) is 0 Å². The minimum Gasteiger partial charge on any atom is -0.394 e. The zero-order valence-corrected chi connectivity index (χ0v) is 10.8. The first-order chi connectivity index (χ1) is 8.11. The van der Waals surface area contributed by atoms with Crippen molar-refractivity contribution in [3.05, 3.63) is 15.6 Å². The van der Waals surface area contributed by atoms with Crippen molar-refractivity contribution >= 4 is 17.2 Å². The summed E-state index contributed by atoms with van der Waals surface area (Å²) in [5.41, 5.74) is 0.782. The Morgan fingerprint density at radius 1 is 1.65 bits per heavy atom. The Morgan fingerprint density at radius 2 is 2.41 bits per heavy atom. The van der Waals surface area contributed by atoms with Gasteiger partial charge >= 0.3 is 0 Å². The summed E-state index contributed by atoms with van der Waals surface area (Å²) in [6, 6.07) is 0. The van der Waals surface area contributed by atoms with Crippen molar-refractivity contribution in [2.75, 3.05) is 26.3 Å². The highest BCUT2D eigenvalue weighted by Crippen LogP contribution is 2.20. The molecule has 1 unspecified atom stereocenters. The number of nitrogens with zero attached hydrogens (tertiary/aromatic N) is 2. The van der Waals surface area contributed by atoms with Gasteiger partial charge in [-0.25, -0.2) is 4.98 Å². The van der Waals surface area contributed by atoms with Crippen LogP contribution in [0.2, 0.25) is 0 Å². The Kier molecular flexibility index (Phi) is 3.76. The SMILES string of the molecule is Cc1nc(C)c(C(=O)N2CCOC(CO)C2)s1. The largest absolute Gasteiger partial charge is 0.394 e. The normalized spacial score (nSPS) is 20.6. The highest BCUT2D eigenvalue weighted by Gasteiger charge is 2.26. The average Bonchev–Trinajstić information content (AvgIpc) is 2.67. The highest BCUT2D eigenvalue weighted by molar-refractivity contribution is 7.13. The van der Waals surface area contributed by atoms with Crippen LogP contribution in [0.25, 0.3) is 0 Å². The third-order valence-electron chi connectivity index (χ3n) is 2.73. The van der Waals surface area contributed by atoms with Crippen LogP contribution in [0.15, 0.2) is 0 Å². The monoisotopic (exact) mass is 256 g/mol. The topological polar surface area (TPSA) is 62.7 Å².